The first-order valence-corrected chi connectivity index (χ1v) is 8.82. The third kappa shape index (κ3) is 4.99. The van der Waals surface area contributed by atoms with Crippen molar-refractivity contribution in [3.8, 4) is 5.75 Å². The number of carbonyl (C=O) groups is 1. The standard InChI is InChI=1S/C21H20ClN3O2/c1-14-9-17(22)5-8-20(14)25-18-10-16(12-23-13-18)21(26)24-11-15-3-6-19(27-2)7-4-15/h3-10,12-13,25H,11H2,1-2H3,(H,24,26). The Balaban J connectivity index is 1.65. The number of pyridine rings is 1. The number of ether oxygens (including phenoxy) is 1. The number of aryl methyl sites for hydroxylation is 1. The maximum absolute atomic E-state index is 12.4. The predicted molar refractivity (Wildman–Crippen MR) is 108 cm³/mol. The average molecular weight is 382 g/mol. The van der Waals surface area contributed by atoms with Crippen LogP contribution in [0.25, 0.3) is 0 Å². The van der Waals surface area contributed by atoms with E-state index in [4.69, 9.17) is 16.3 Å². The molecule has 5 nitrogen and oxygen atoms in total. The number of methoxy groups -OCH3 is 1. The highest BCUT2D eigenvalue weighted by atomic mass is 35.5. The minimum Gasteiger partial charge on any atom is -0.497 e. The molecule has 27 heavy (non-hydrogen) atoms. The zero-order chi connectivity index (χ0) is 19.2. The molecule has 1 heterocycles. The molecular weight excluding hydrogens is 362 g/mol. The molecule has 0 bridgehead atoms. The number of carbonyl (C=O) groups excluding carboxylic acids is 1. The molecule has 0 aliphatic carbocycles. The second kappa shape index (κ2) is 8.56. The number of nitrogens with one attached hydrogen (secondary N) is 2. The van der Waals surface area contributed by atoms with E-state index in [1.807, 2.05) is 49.4 Å². The molecule has 0 atom stereocenters. The van der Waals surface area contributed by atoms with Crippen LogP contribution in [-0.2, 0) is 6.54 Å². The first-order valence-electron chi connectivity index (χ1n) is 8.44. The summed E-state index contributed by atoms with van der Waals surface area (Å²) < 4.78 is 5.13. The fourth-order valence-corrected chi connectivity index (χ4v) is 2.81. The molecule has 1 amide bonds. The summed E-state index contributed by atoms with van der Waals surface area (Å²) in [6.45, 7) is 2.39. The molecule has 138 valence electrons. The van der Waals surface area contributed by atoms with Crippen molar-refractivity contribution in [2.24, 2.45) is 0 Å². The van der Waals surface area contributed by atoms with Crippen molar-refractivity contribution >= 4 is 28.9 Å². The molecule has 0 radical (unpaired) electrons. The first-order chi connectivity index (χ1) is 13.0. The van der Waals surface area contributed by atoms with Gasteiger partial charge in [-0.05, 0) is 54.4 Å². The normalized spacial score (nSPS) is 10.3. The number of halogens is 1. The Labute approximate surface area is 163 Å². The fraction of sp³-hybridized carbons (Fsp3) is 0.143. The summed E-state index contributed by atoms with van der Waals surface area (Å²) in [5.41, 5.74) is 4.13. The molecular formula is C21H20ClN3O2. The number of rotatable bonds is 6. The van der Waals surface area contributed by atoms with Crippen LogP contribution in [0.3, 0.4) is 0 Å². The number of amides is 1. The number of hydrogen-bond donors (Lipinski definition) is 2. The van der Waals surface area contributed by atoms with Crippen molar-refractivity contribution in [3.63, 3.8) is 0 Å². The van der Waals surface area contributed by atoms with E-state index in [-0.39, 0.29) is 5.91 Å². The topological polar surface area (TPSA) is 63.2 Å². The largest absolute Gasteiger partial charge is 0.497 e. The van der Waals surface area contributed by atoms with E-state index in [0.29, 0.717) is 17.1 Å². The van der Waals surface area contributed by atoms with E-state index in [1.165, 1.54) is 0 Å². The number of aromatic nitrogens is 1. The first kappa shape index (κ1) is 18.7. The summed E-state index contributed by atoms with van der Waals surface area (Å²) in [6.07, 6.45) is 3.22. The molecule has 0 fully saturated rings. The Kier molecular flexibility index (Phi) is 5.94. The van der Waals surface area contributed by atoms with Gasteiger partial charge in [-0.2, -0.15) is 0 Å². The van der Waals surface area contributed by atoms with Gasteiger partial charge in [-0.1, -0.05) is 23.7 Å². The van der Waals surface area contributed by atoms with Crippen LogP contribution in [0.15, 0.2) is 60.9 Å². The van der Waals surface area contributed by atoms with Gasteiger partial charge >= 0.3 is 0 Å². The third-order valence-electron chi connectivity index (χ3n) is 4.08. The van der Waals surface area contributed by atoms with Crippen LogP contribution in [0.2, 0.25) is 5.02 Å². The predicted octanol–water partition coefficient (Wildman–Crippen LogP) is 4.73. The number of nitrogens with zero attached hydrogens (tertiary/aromatic N) is 1. The highest BCUT2D eigenvalue weighted by molar-refractivity contribution is 6.30. The Bertz CT molecular complexity index is 942. The zero-order valence-corrected chi connectivity index (χ0v) is 15.9. The van der Waals surface area contributed by atoms with Crippen LogP contribution in [0.4, 0.5) is 11.4 Å². The van der Waals surface area contributed by atoms with Crippen LogP contribution in [0, 0.1) is 6.92 Å². The Morgan fingerprint density at radius 3 is 2.59 bits per heavy atom. The molecule has 0 saturated heterocycles. The minimum absolute atomic E-state index is 0.185. The highest BCUT2D eigenvalue weighted by Crippen LogP contribution is 2.23. The molecule has 2 aromatic carbocycles. The Morgan fingerprint density at radius 2 is 1.89 bits per heavy atom. The molecule has 3 rings (SSSR count). The van der Waals surface area contributed by atoms with E-state index in [2.05, 4.69) is 15.6 Å². The van der Waals surface area contributed by atoms with Gasteiger partial charge in [0.15, 0.2) is 0 Å². The van der Waals surface area contributed by atoms with E-state index < -0.39 is 0 Å². The number of hydrogen-bond acceptors (Lipinski definition) is 4. The number of benzene rings is 2. The van der Waals surface area contributed by atoms with E-state index in [0.717, 1.165) is 28.3 Å². The monoisotopic (exact) mass is 381 g/mol. The van der Waals surface area contributed by atoms with Gasteiger partial charge in [0.1, 0.15) is 5.75 Å². The number of anilines is 2. The van der Waals surface area contributed by atoms with Crippen LogP contribution in [0.1, 0.15) is 21.5 Å². The van der Waals surface area contributed by atoms with Gasteiger partial charge < -0.3 is 15.4 Å². The van der Waals surface area contributed by atoms with Gasteiger partial charge in [0.05, 0.1) is 24.6 Å². The van der Waals surface area contributed by atoms with Crippen molar-refractivity contribution in [3.05, 3.63) is 82.6 Å². The SMILES string of the molecule is COc1ccc(CNC(=O)c2cncc(Nc3ccc(Cl)cc3C)c2)cc1. The van der Waals surface area contributed by atoms with Gasteiger partial charge in [-0.3, -0.25) is 9.78 Å². The van der Waals surface area contributed by atoms with Crippen molar-refractivity contribution in [1.29, 1.82) is 0 Å². The molecule has 3 aromatic rings. The Hall–Kier alpha value is -3.05. The lowest BCUT2D eigenvalue weighted by molar-refractivity contribution is 0.0950. The van der Waals surface area contributed by atoms with Crippen molar-refractivity contribution in [2.75, 3.05) is 12.4 Å². The summed E-state index contributed by atoms with van der Waals surface area (Å²) in [4.78, 5) is 16.6. The van der Waals surface area contributed by atoms with Crippen molar-refractivity contribution < 1.29 is 9.53 Å². The molecule has 0 unspecified atom stereocenters. The van der Waals surface area contributed by atoms with Gasteiger partial charge in [0.25, 0.3) is 5.91 Å². The lowest BCUT2D eigenvalue weighted by atomic mass is 10.2. The lowest BCUT2D eigenvalue weighted by Gasteiger charge is -2.11. The fourth-order valence-electron chi connectivity index (χ4n) is 2.58. The summed E-state index contributed by atoms with van der Waals surface area (Å²) >= 11 is 5.99. The summed E-state index contributed by atoms with van der Waals surface area (Å²) in [6, 6.07) is 14.9. The average Bonchev–Trinajstić information content (AvgIpc) is 2.69. The molecule has 0 aliphatic heterocycles. The van der Waals surface area contributed by atoms with Crippen molar-refractivity contribution in [1.82, 2.24) is 10.3 Å². The van der Waals surface area contributed by atoms with E-state index >= 15 is 0 Å². The van der Waals surface area contributed by atoms with Crippen LogP contribution < -0.4 is 15.4 Å². The van der Waals surface area contributed by atoms with E-state index in [1.54, 1.807) is 25.6 Å². The molecule has 0 saturated carbocycles. The van der Waals surface area contributed by atoms with Gasteiger partial charge in [0, 0.05) is 23.5 Å². The zero-order valence-electron chi connectivity index (χ0n) is 15.1. The maximum Gasteiger partial charge on any atom is 0.253 e. The molecule has 6 heteroatoms. The van der Waals surface area contributed by atoms with Gasteiger partial charge in [0.2, 0.25) is 0 Å². The van der Waals surface area contributed by atoms with Gasteiger partial charge in [-0.25, -0.2) is 0 Å². The molecule has 0 aliphatic rings. The smallest absolute Gasteiger partial charge is 0.253 e. The maximum atomic E-state index is 12.4. The molecule has 0 spiro atoms. The van der Waals surface area contributed by atoms with Gasteiger partial charge in [-0.15, -0.1) is 0 Å². The molecule has 1 aromatic heterocycles. The summed E-state index contributed by atoms with van der Waals surface area (Å²) in [5, 5.41) is 6.85. The van der Waals surface area contributed by atoms with Crippen molar-refractivity contribution in [2.45, 2.75) is 13.5 Å². The van der Waals surface area contributed by atoms with Crippen LogP contribution >= 0.6 is 11.6 Å². The minimum atomic E-state index is -0.185. The Morgan fingerprint density at radius 1 is 1.11 bits per heavy atom. The van der Waals surface area contributed by atoms with Crippen LogP contribution in [-0.4, -0.2) is 18.0 Å². The third-order valence-corrected chi connectivity index (χ3v) is 4.32. The second-order valence-electron chi connectivity index (χ2n) is 6.08. The lowest BCUT2D eigenvalue weighted by Crippen LogP contribution is -2.23. The quantitative estimate of drug-likeness (QED) is 0.648. The van der Waals surface area contributed by atoms with Crippen LogP contribution in [0.5, 0.6) is 5.75 Å². The highest BCUT2D eigenvalue weighted by Gasteiger charge is 2.08. The second-order valence-corrected chi connectivity index (χ2v) is 6.51. The summed E-state index contributed by atoms with van der Waals surface area (Å²) in [7, 11) is 1.62. The van der Waals surface area contributed by atoms with E-state index in [9.17, 15) is 4.79 Å². The molecule has 2 N–H and O–H groups in total. The summed E-state index contributed by atoms with van der Waals surface area (Å²) in [5.74, 6) is 0.598.